The highest BCUT2D eigenvalue weighted by Gasteiger charge is 2.15. The van der Waals surface area contributed by atoms with E-state index in [0.29, 0.717) is 18.3 Å². The molecule has 1 aliphatic heterocycles. The lowest BCUT2D eigenvalue weighted by Gasteiger charge is -2.26. The van der Waals surface area contributed by atoms with E-state index in [9.17, 15) is 0 Å². The smallest absolute Gasteiger partial charge is 0.248 e. The molecule has 0 amide bonds. The van der Waals surface area contributed by atoms with Crippen molar-refractivity contribution < 1.29 is 9.26 Å². The summed E-state index contributed by atoms with van der Waals surface area (Å²) >= 11 is 0. The summed E-state index contributed by atoms with van der Waals surface area (Å²) in [6.45, 7) is 7.91. The first-order chi connectivity index (χ1) is 10.7. The number of aromatic nitrogens is 2. The molecule has 0 bridgehead atoms. The summed E-state index contributed by atoms with van der Waals surface area (Å²) in [6.07, 6.45) is 3.51. The Morgan fingerprint density at radius 1 is 1.39 bits per heavy atom. The highest BCUT2D eigenvalue weighted by Crippen LogP contribution is 2.18. The van der Waals surface area contributed by atoms with Gasteiger partial charge in [-0.3, -0.25) is 0 Å². The number of ether oxygens (including phenoxy) is 1. The zero-order valence-corrected chi connectivity index (χ0v) is 16.6. The minimum absolute atomic E-state index is 0. The molecular formula is C15H28IN5O2. The molecule has 0 aromatic carbocycles. The molecule has 1 saturated heterocycles. The number of nitrogens with zero attached hydrogens (tertiary/aromatic N) is 4. The van der Waals surface area contributed by atoms with Gasteiger partial charge >= 0.3 is 0 Å². The molecule has 1 N–H and O–H groups in total. The van der Waals surface area contributed by atoms with Crippen molar-refractivity contribution in [1.82, 2.24) is 20.4 Å². The van der Waals surface area contributed by atoms with Crippen molar-refractivity contribution in [2.45, 2.75) is 39.7 Å². The molecule has 0 radical (unpaired) electrons. The molecule has 1 aliphatic rings. The van der Waals surface area contributed by atoms with Gasteiger partial charge in [0.2, 0.25) is 5.89 Å². The molecule has 23 heavy (non-hydrogen) atoms. The number of rotatable bonds is 6. The minimum atomic E-state index is 0. The second-order valence-electron chi connectivity index (χ2n) is 5.67. The summed E-state index contributed by atoms with van der Waals surface area (Å²) in [5, 5.41) is 7.09. The third-order valence-corrected chi connectivity index (χ3v) is 3.84. The lowest BCUT2D eigenvalue weighted by Crippen LogP contribution is -2.40. The average Bonchev–Trinajstić information content (AvgIpc) is 2.95. The van der Waals surface area contributed by atoms with Gasteiger partial charge in [-0.1, -0.05) is 5.16 Å². The van der Waals surface area contributed by atoms with Gasteiger partial charge in [-0.05, 0) is 39.0 Å². The first kappa shape index (κ1) is 20.1. The van der Waals surface area contributed by atoms with E-state index in [1.54, 1.807) is 0 Å². The van der Waals surface area contributed by atoms with Crippen molar-refractivity contribution in [3.05, 3.63) is 11.7 Å². The molecule has 2 heterocycles. The monoisotopic (exact) mass is 437 g/mol. The Morgan fingerprint density at radius 2 is 2.13 bits per heavy atom. The van der Waals surface area contributed by atoms with Crippen molar-refractivity contribution in [1.29, 1.82) is 0 Å². The predicted octanol–water partition coefficient (Wildman–Crippen LogP) is 2.21. The van der Waals surface area contributed by atoms with Gasteiger partial charge in [0, 0.05) is 33.4 Å². The molecule has 1 aromatic heterocycles. The van der Waals surface area contributed by atoms with Crippen LogP contribution in [-0.4, -0.2) is 54.4 Å². The third kappa shape index (κ3) is 7.03. The van der Waals surface area contributed by atoms with E-state index in [1.165, 1.54) is 19.3 Å². The Labute approximate surface area is 155 Å². The zero-order valence-electron chi connectivity index (χ0n) is 14.2. The zero-order chi connectivity index (χ0) is 15.8. The Bertz CT molecular complexity index is 474. The SMILES string of the molecule is CCNC(=NCc1nc(C)no1)N(C)CCC1CCOCC1.I. The Hall–Kier alpha value is -0.900. The van der Waals surface area contributed by atoms with Crippen LogP contribution in [0.15, 0.2) is 9.52 Å². The van der Waals surface area contributed by atoms with Gasteiger partial charge in [0.25, 0.3) is 0 Å². The van der Waals surface area contributed by atoms with E-state index in [-0.39, 0.29) is 24.0 Å². The van der Waals surface area contributed by atoms with Crippen molar-refractivity contribution in [2.75, 3.05) is 33.4 Å². The number of nitrogens with one attached hydrogen (secondary N) is 1. The quantitative estimate of drug-likeness (QED) is 0.418. The average molecular weight is 437 g/mol. The van der Waals surface area contributed by atoms with Gasteiger partial charge in [-0.2, -0.15) is 4.98 Å². The number of halogens is 1. The first-order valence-electron chi connectivity index (χ1n) is 8.05. The maximum Gasteiger partial charge on any atom is 0.248 e. The van der Waals surface area contributed by atoms with E-state index >= 15 is 0 Å². The second kappa shape index (κ2) is 10.8. The van der Waals surface area contributed by atoms with Crippen LogP contribution in [0.3, 0.4) is 0 Å². The largest absolute Gasteiger partial charge is 0.381 e. The Balaban J connectivity index is 0.00000264. The van der Waals surface area contributed by atoms with Gasteiger partial charge in [0.05, 0.1) is 0 Å². The molecule has 0 unspecified atom stereocenters. The van der Waals surface area contributed by atoms with E-state index in [1.807, 2.05) is 6.92 Å². The molecule has 0 spiro atoms. The maximum atomic E-state index is 5.41. The fraction of sp³-hybridized carbons (Fsp3) is 0.800. The summed E-state index contributed by atoms with van der Waals surface area (Å²) in [4.78, 5) is 10.9. The van der Waals surface area contributed by atoms with Crippen LogP contribution < -0.4 is 5.32 Å². The second-order valence-corrected chi connectivity index (χ2v) is 5.67. The lowest BCUT2D eigenvalue weighted by molar-refractivity contribution is 0.0625. The Kier molecular flexibility index (Phi) is 9.46. The molecule has 2 rings (SSSR count). The van der Waals surface area contributed by atoms with Crippen molar-refractivity contribution >= 4 is 29.9 Å². The van der Waals surface area contributed by atoms with Crippen LogP contribution in [0.1, 0.15) is 37.9 Å². The Morgan fingerprint density at radius 3 is 2.74 bits per heavy atom. The van der Waals surface area contributed by atoms with Gasteiger partial charge in [0.1, 0.15) is 6.54 Å². The highest BCUT2D eigenvalue weighted by atomic mass is 127. The van der Waals surface area contributed by atoms with Crippen LogP contribution in [0, 0.1) is 12.8 Å². The number of aliphatic imine (C=N–C) groups is 1. The summed E-state index contributed by atoms with van der Waals surface area (Å²) in [5.41, 5.74) is 0. The number of hydrogen-bond donors (Lipinski definition) is 1. The molecule has 8 heteroatoms. The van der Waals surface area contributed by atoms with Gasteiger partial charge < -0.3 is 19.5 Å². The van der Waals surface area contributed by atoms with E-state index in [0.717, 1.165) is 38.2 Å². The topological polar surface area (TPSA) is 75.8 Å². The predicted molar refractivity (Wildman–Crippen MR) is 100 cm³/mol. The van der Waals surface area contributed by atoms with Crippen molar-refractivity contribution in [2.24, 2.45) is 10.9 Å². The molecular weight excluding hydrogens is 409 g/mol. The number of guanidine groups is 1. The van der Waals surface area contributed by atoms with Gasteiger partial charge in [0.15, 0.2) is 11.8 Å². The lowest BCUT2D eigenvalue weighted by atomic mass is 9.96. The van der Waals surface area contributed by atoms with Crippen LogP contribution in [0.4, 0.5) is 0 Å². The fourth-order valence-electron chi connectivity index (χ4n) is 2.53. The maximum absolute atomic E-state index is 5.41. The summed E-state index contributed by atoms with van der Waals surface area (Å²) in [6, 6.07) is 0. The molecule has 0 atom stereocenters. The van der Waals surface area contributed by atoms with E-state index in [4.69, 9.17) is 9.26 Å². The van der Waals surface area contributed by atoms with Crippen molar-refractivity contribution in [3.8, 4) is 0 Å². The first-order valence-corrected chi connectivity index (χ1v) is 8.05. The van der Waals surface area contributed by atoms with E-state index in [2.05, 4.69) is 39.3 Å². The number of hydrogen-bond acceptors (Lipinski definition) is 5. The van der Waals surface area contributed by atoms with Crippen LogP contribution in [-0.2, 0) is 11.3 Å². The summed E-state index contributed by atoms with van der Waals surface area (Å²) < 4.78 is 10.5. The molecule has 0 aliphatic carbocycles. The van der Waals surface area contributed by atoms with Crippen molar-refractivity contribution in [3.63, 3.8) is 0 Å². The minimum Gasteiger partial charge on any atom is -0.381 e. The van der Waals surface area contributed by atoms with Crippen LogP contribution in [0.5, 0.6) is 0 Å². The highest BCUT2D eigenvalue weighted by molar-refractivity contribution is 14.0. The van der Waals surface area contributed by atoms with Crippen LogP contribution in [0.25, 0.3) is 0 Å². The normalized spacial score (nSPS) is 16.0. The molecule has 1 fully saturated rings. The van der Waals surface area contributed by atoms with E-state index < -0.39 is 0 Å². The fourth-order valence-corrected chi connectivity index (χ4v) is 2.53. The molecule has 7 nitrogen and oxygen atoms in total. The number of aryl methyl sites for hydroxylation is 1. The van der Waals surface area contributed by atoms with Crippen LogP contribution >= 0.6 is 24.0 Å². The molecule has 1 aromatic rings. The standard InChI is InChI=1S/C15H27N5O2.HI/c1-4-16-15(17-11-14-18-12(2)19-22-14)20(3)8-5-13-6-9-21-10-7-13;/h13H,4-11H2,1-3H3,(H,16,17);1H. The molecule has 132 valence electrons. The summed E-state index contributed by atoms with van der Waals surface area (Å²) in [7, 11) is 2.07. The molecule has 0 saturated carbocycles. The summed E-state index contributed by atoms with van der Waals surface area (Å²) in [5.74, 6) is 2.83. The van der Waals surface area contributed by atoms with Gasteiger partial charge in [-0.25, -0.2) is 4.99 Å². The van der Waals surface area contributed by atoms with Crippen LogP contribution in [0.2, 0.25) is 0 Å². The van der Waals surface area contributed by atoms with Gasteiger partial charge in [-0.15, -0.1) is 24.0 Å². The third-order valence-electron chi connectivity index (χ3n) is 3.84.